The SMILES string of the molecule is C[C@@H](NC(=O)C1=CC(C2CCOCC2)=CN2C1=N[C@@H]1CCC[C@@H]12)c1cccc(C(F)(F)F)c1F. The first-order valence-electron chi connectivity index (χ1n) is 11.8. The highest BCUT2D eigenvalue weighted by Gasteiger charge is 2.43. The van der Waals surface area contributed by atoms with Crippen molar-refractivity contribution in [1.82, 2.24) is 10.2 Å². The summed E-state index contributed by atoms with van der Waals surface area (Å²) in [6.07, 6.45) is 3.90. The number of carbonyl (C=O) groups is 1. The van der Waals surface area contributed by atoms with Crippen molar-refractivity contribution in [3.63, 3.8) is 0 Å². The van der Waals surface area contributed by atoms with Crippen LogP contribution in [-0.2, 0) is 15.7 Å². The number of ether oxygens (including phenoxy) is 1. The van der Waals surface area contributed by atoms with Gasteiger partial charge in [-0.25, -0.2) is 4.39 Å². The lowest BCUT2D eigenvalue weighted by molar-refractivity contribution is -0.140. The van der Waals surface area contributed by atoms with Crippen molar-refractivity contribution in [3.05, 3.63) is 58.6 Å². The number of hydrogen-bond acceptors (Lipinski definition) is 4. The Hall–Kier alpha value is -2.68. The first kappa shape index (κ1) is 23.1. The van der Waals surface area contributed by atoms with Crippen molar-refractivity contribution in [2.45, 2.75) is 63.3 Å². The van der Waals surface area contributed by atoms with Crippen LogP contribution in [0.2, 0.25) is 0 Å². The van der Waals surface area contributed by atoms with Crippen LogP contribution in [0.5, 0.6) is 0 Å². The van der Waals surface area contributed by atoms with Gasteiger partial charge < -0.3 is 15.0 Å². The summed E-state index contributed by atoms with van der Waals surface area (Å²) in [5.74, 6) is -0.972. The summed E-state index contributed by atoms with van der Waals surface area (Å²) in [6.45, 7) is 2.81. The summed E-state index contributed by atoms with van der Waals surface area (Å²) in [6, 6.07) is 2.52. The molecule has 4 aliphatic rings. The lowest BCUT2D eigenvalue weighted by atomic mass is 9.88. The maximum Gasteiger partial charge on any atom is 0.419 e. The third-order valence-electron chi connectivity index (χ3n) is 7.26. The van der Waals surface area contributed by atoms with Gasteiger partial charge in [0.25, 0.3) is 5.91 Å². The Kier molecular flexibility index (Phi) is 6.00. The molecule has 3 heterocycles. The van der Waals surface area contributed by atoms with E-state index in [1.807, 2.05) is 6.08 Å². The molecule has 0 radical (unpaired) electrons. The Balaban J connectivity index is 1.43. The zero-order chi connectivity index (χ0) is 24.0. The molecule has 182 valence electrons. The fourth-order valence-electron chi connectivity index (χ4n) is 5.45. The van der Waals surface area contributed by atoms with Crippen molar-refractivity contribution < 1.29 is 27.1 Å². The summed E-state index contributed by atoms with van der Waals surface area (Å²) >= 11 is 0. The minimum absolute atomic E-state index is 0.134. The van der Waals surface area contributed by atoms with E-state index in [9.17, 15) is 22.4 Å². The van der Waals surface area contributed by atoms with Crippen LogP contribution in [0.25, 0.3) is 0 Å². The van der Waals surface area contributed by atoms with Crippen LogP contribution in [0.1, 0.15) is 56.2 Å². The maximum absolute atomic E-state index is 14.6. The standard InChI is InChI=1S/C25H27F4N3O2/c1-14(17-4-2-5-19(22(17)26)25(27,28)29)30-24(33)18-12-16(15-8-10-34-11-9-15)13-32-21-7-3-6-20(21)31-23(18)32/h2,4-5,12-15,20-21H,3,6-11H2,1H3,(H,30,33)/t14-,20-,21+/m1/s1. The van der Waals surface area contributed by atoms with Gasteiger partial charge in [-0.2, -0.15) is 13.2 Å². The molecule has 0 spiro atoms. The molecule has 9 heteroatoms. The van der Waals surface area contributed by atoms with Gasteiger partial charge in [-0.15, -0.1) is 0 Å². The number of rotatable bonds is 4. The van der Waals surface area contributed by atoms with Gasteiger partial charge in [0.2, 0.25) is 0 Å². The molecule has 1 saturated heterocycles. The second-order valence-corrected chi connectivity index (χ2v) is 9.40. The number of aliphatic imine (C=N–C) groups is 1. The first-order valence-corrected chi connectivity index (χ1v) is 11.8. The molecule has 1 saturated carbocycles. The predicted octanol–water partition coefficient (Wildman–Crippen LogP) is 4.91. The van der Waals surface area contributed by atoms with Gasteiger partial charge in [0.05, 0.1) is 29.3 Å². The molecule has 1 aliphatic carbocycles. The Bertz CT molecular complexity index is 1070. The van der Waals surface area contributed by atoms with E-state index in [0.717, 1.165) is 43.7 Å². The first-order chi connectivity index (χ1) is 16.2. The minimum Gasteiger partial charge on any atom is -0.381 e. The number of nitrogens with one attached hydrogen (secondary N) is 1. The number of halogens is 4. The summed E-state index contributed by atoms with van der Waals surface area (Å²) in [7, 11) is 0. The second-order valence-electron chi connectivity index (χ2n) is 9.40. The normalized spacial score (nSPS) is 25.8. The van der Waals surface area contributed by atoms with E-state index >= 15 is 0 Å². The molecule has 3 aliphatic heterocycles. The van der Waals surface area contributed by atoms with Crippen LogP contribution in [0.3, 0.4) is 0 Å². The van der Waals surface area contributed by atoms with Crippen molar-refractivity contribution in [3.8, 4) is 0 Å². The summed E-state index contributed by atoms with van der Waals surface area (Å²) in [5.41, 5.74) is -0.121. The second kappa shape index (κ2) is 8.83. The van der Waals surface area contributed by atoms with Gasteiger partial charge in [0.15, 0.2) is 0 Å². The molecule has 0 unspecified atom stereocenters. The lowest BCUT2D eigenvalue weighted by Crippen LogP contribution is -2.41. The number of alkyl halides is 3. The summed E-state index contributed by atoms with van der Waals surface area (Å²) in [4.78, 5) is 20.3. The Morgan fingerprint density at radius 3 is 2.71 bits per heavy atom. The molecule has 0 bridgehead atoms. The van der Waals surface area contributed by atoms with Crippen LogP contribution >= 0.6 is 0 Å². The molecule has 1 amide bonds. The monoisotopic (exact) mass is 477 g/mol. The third-order valence-corrected chi connectivity index (χ3v) is 7.26. The quantitative estimate of drug-likeness (QED) is 0.628. The van der Waals surface area contributed by atoms with E-state index in [1.165, 1.54) is 13.0 Å². The zero-order valence-corrected chi connectivity index (χ0v) is 18.9. The molecule has 3 atom stereocenters. The van der Waals surface area contributed by atoms with Gasteiger partial charge in [-0.3, -0.25) is 9.79 Å². The van der Waals surface area contributed by atoms with Crippen LogP contribution in [0.4, 0.5) is 17.6 Å². The number of carbonyl (C=O) groups excluding carboxylic acids is 1. The van der Waals surface area contributed by atoms with E-state index in [0.29, 0.717) is 30.7 Å². The van der Waals surface area contributed by atoms with Crippen molar-refractivity contribution in [2.24, 2.45) is 10.9 Å². The van der Waals surface area contributed by atoms with Crippen molar-refractivity contribution >= 4 is 11.7 Å². The lowest BCUT2D eigenvalue weighted by Gasteiger charge is -2.32. The maximum atomic E-state index is 14.6. The fourth-order valence-corrected chi connectivity index (χ4v) is 5.45. The Morgan fingerprint density at radius 1 is 1.21 bits per heavy atom. The molecule has 5 rings (SSSR count). The molecule has 1 N–H and O–H groups in total. The highest BCUT2D eigenvalue weighted by molar-refractivity contribution is 6.22. The highest BCUT2D eigenvalue weighted by atomic mass is 19.4. The molecule has 34 heavy (non-hydrogen) atoms. The third kappa shape index (κ3) is 4.15. The largest absolute Gasteiger partial charge is 0.419 e. The van der Waals surface area contributed by atoms with E-state index in [1.54, 1.807) is 0 Å². The van der Waals surface area contributed by atoms with Crippen LogP contribution in [-0.4, -0.2) is 41.9 Å². The van der Waals surface area contributed by atoms with E-state index in [2.05, 4.69) is 16.4 Å². The Morgan fingerprint density at radius 2 is 1.97 bits per heavy atom. The van der Waals surface area contributed by atoms with Gasteiger partial charge in [0, 0.05) is 25.0 Å². The van der Waals surface area contributed by atoms with Crippen LogP contribution < -0.4 is 5.32 Å². The number of allylic oxidation sites excluding steroid dienone is 2. The predicted molar refractivity (Wildman–Crippen MR) is 118 cm³/mol. The number of amides is 1. The molecule has 1 aromatic carbocycles. The van der Waals surface area contributed by atoms with Gasteiger partial charge >= 0.3 is 6.18 Å². The van der Waals surface area contributed by atoms with E-state index < -0.39 is 29.5 Å². The summed E-state index contributed by atoms with van der Waals surface area (Å²) in [5, 5.41) is 2.71. The molecule has 2 fully saturated rings. The molecular formula is C25H27F4N3O2. The van der Waals surface area contributed by atoms with Gasteiger partial charge in [-0.1, -0.05) is 12.1 Å². The van der Waals surface area contributed by atoms with Crippen molar-refractivity contribution in [2.75, 3.05) is 13.2 Å². The smallest absolute Gasteiger partial charge is 0.381 e. The topological polar surface area (TPSA) is 53.9 Å². The number of hydrogen-bond donors (Lipinski definition) is 1. The number of fused-ring (bicyclic) bond motifs is 3. The Labute approximate surface area is 195 Å². The zero-order valence-electron chi connectivity index (χ0n) is 18.9. The fraction of sp³-hybridized carbons (Fsp3) is 0.520. The van der Waals surface area contributed by atoms with Crippen LogP contribution in [0, 0.1) is 11.7 Å². The molecular weight excluding hydrogens is 450 g/mol. The van der Waals surface area contributed by atoms with Gasteiger partial charge in [-0.05, 0) is 62.7 Å². The minimum atomic E-state index is -4.81. The number of nitrogens with zero attached hydrogens (tertiary/aromatic N) is 2. The number of benzene rings is 1. The molecule has 1 aromatic rings. The van der Waals surface area contributed by atoms with E-state index in [4.69, 9.17) is 9.73 Å². The average molecular weight is 478 g/mol. The highest BCUT2D eigenvalue weighted by Crippen LogP contribution is 2.39. The summed E-state index contributed by atoms with van der Waals surface area (Å²) < 4.78 is 59.6. The van der Waals surface area contributed by atoms with Gasteiger partial charge in [0.1, 0.15) is 11.7 Å². The molecule has 0 aromatic heterocycles. The van der Waals surface area contributed by atoms with E-state index in [-0.39, 0.29) is 23.6 Å². The average Bonchev–Trinajstić information content (AvgIpc) is 3.40. The molecule has 5 nitrogen and oxygen atoms in total. The number of amidine groups is 1. The van der Waals surface area contributed by atoms with Crippen LogP contribution in [0.15, 0.2) is 46.6 Å². The van der Waals surface area contributed by atoms with Crippen molar-refractivity contribution in [1.29, 1.82) is 0 Å².